The molecule has 0 bridgehead atoms. The Morgan fingerprint density at radius 2 is 1.63 bits per heavy atom. The monoisotopic (exact) mass is 403 g/mol. The highest BCUT2D eigenvalue weighted by molar-refractivity contribution is 6.14. The Kier molecular flexibility index (Phi) is 5.12. The maximum absolute atomic E-state index is 13.6. The average Bonchev–Trinajstić information content (AvgIpc) is 2.77. The van der Waals surface area contributed by atoms with E-state index in [1.54, 1.807) is 4.90 Å². The number of esters is 1. The van der Waals surface area contributed by atoms with Gasteiger partial charge in [0.05, 0.1) is 13.2 Å². The molecule has 3 aromatic rings. The van der Waals surface area contributed by atoms with Gasteiger partial charge in [-0.25, -0.2) is 4.39 Å². The standard InChI is InChI=1S/C25H22FNO3/c1-17-8-10-19(11-9-17)22-25(24(29)30-2,20-12-14-21(26)15-13-20)23(28)27(22)16-18-6-4-3-5-7-18/h3-15,22H,16H2,1-2H3/t22-,25+/m0/s1. The second kappa shape index (κ2) is 7.75. The van der Waals surface area contributed by atoms with Gasteiger partial charge in [-0.15, -0.1) is 0 Å². The van der Waals surface area contributed by atoms with Crippen LogP contribution in [0.3, 0.4) is 0 Å². The highest BCUT2D eigenvalue weighted by Crippen LogP contribution is 2.53. The van der Waals surface area contributed by atoms with E-state index in [-0.39, 0.29) is 5.91 Å². The molecule has 30 heavy (non-hydrogen) atoms. The molecular formula is C25H22FNO3. The number of ether oxygens (including phenoxy) is 1. The van der Waals surface area contributed by atoms with Crippen molar-refractivity contribution < 1.29 is 18.7 Å². The van der Waals surface area contributed by atoms with Crippen LogP contribution in [-0.2, 0) is 26.3 Å². The van der Waals surface area contributed by atoms with Crippen LogP contribution in [0.1, 0.15) is 28.3 Å². The van der Waals surface area contributed by atoms with Crippen LogP contribution in [0, 0.1) is 12.7 Å². The highest BCUT2D eigenvalue weighted by atomic mass is 19.1. The molecule has 0 spiro atoms. The lowest BCUT2D eigenvalue weighted by Crippen LogP contribution is -2.69. The first kappa shape index (κ1) is 19.8. The molecule has 4 nitrogen and oxygen atoms in total. The lowest BCUT2D eigenvalue weighted by atomic mass is 9.63. The zero-order valence-electron chi connectivity index (χ0n) is 16.8. The summed E-state index contributed by atoms with van der Waals surface area (Å²) in [4.78, 5) is 28.3. The molecule has 4 rings (SSSR count). The van der Waals surface area contributed by atoms with Crippen molar-refractivity contribution in [3.63, 3.8) is 0 Å². The van der Waals surface area contributed by atoms with Gasteiger partial charge in [-0.05, 0) is 35.7 Å². The van der Waals surface area contributed by atoms with Crippen LogP contribution in [-0.4, -0.2) is 23.9 Å². The number of hydrogen-bond donors (Lipinski definition) is 0. The van der Waals surface area contributed by atoms with E-state index in [1.807, 2.05) is 61.5 Å². The van der Waals surface area contributed by atoms with Crippen LogP contribution in [0.2, 0.25) is 0 Å². The van der Waals surface area contributed by atoms with Crippen molar-refractivity contribution in [3.05, 3.63) is 107 Å². The second-order valence-electron chi connectivity index (χ2n) is 7.54. The van der Waals surface area contributed by atoms with Crippen LogP contribution in [0.4, 0.5) is 4.39 Å². The van der Waals surface area contributed by atoms with Crippen molar-refractivity contribution in [3.8, 4) is 0 Å². The van der Waals surface area contributed by atoms with Crippen molar-refractivity contribution in [1.29, 1.82) is 0 Å². The maximum Gasteiger partial charge on any atom is 0.328 e. The summed E-state index contributed by atoms with van der Waals surface area (Å²) in [6, 6.07) is 22.3. The van der Waals surface area contributed by atoms with Crippen molar-refractivity contribution in [1.82, 2.24) is 4.90 Å². The minimum atomic E-state index is -1.55. The van der Waals surface area contributed by atoms with Gasteiger partial charge in [0.25, 0.3) is 0 Å². The molecular weight excluding hydrogens is 381 g/mol. The van der Waals surface area contributed by atoms with E-state index < -0.39 is 23.2 Å². The summed E-state index contributed by atoms with van der Waals surface area (Å²) in [6.45, 7) is 2.34. The van der Waals surface area contributed by atoms with Crippen molar-refractivity contribution in [2.75, 3.05) is 7.11 Å². The fraction of sp³-hybridized carbons (Fsp3) is 0.200. The number of hydrogen-bond acceptors (Lipinski definition) is 3. The van der Waals surface area contributed by atoms with Gasteiger partial charge >= 0.3 is 5.97 Å². The van der Waals surface area contributed by atoms with Crippen LogP contribution in [0.25, 0.3) is 0 Å². The fourth-order valence-corrected chi connectivity index (χ4v) is 4.22. The number of benzene rings is 3. The van der Waals surface area contributed by atoms with Gasteiger partial charge in [0.15, 0.2) is 5.41 Å². The number of aryl methyl sites for hydroxylation is 1. The molecule has 1 heterocycles. The Morgan fingerprint density at radius 3 is 2.23 bits per heavy atom. The summed E-state index contributed by atoms with van der Waals surface area (Å²) in [7, 11) is 1.27. The summed E-state index contributed by atoms with van der Waals surface area (Å²) < 4.78 is 18.7. The molecule has 5 heteroatoms. The third-order valence-electron chi connectivity index (χ3n) is 5.72. The molecule has 2 atom stereocenters. The van der Waals surface area contributed by atoms with Crippen LogP contribution in [0.15, 0.2) is 78.9 Å². The summed E-state index contributed by atoms with van der Waals surface area (Å²) in [5.74, 6) is -1.43. The van der Waals surface area contributed by atoms with E-state index >= 15 is 0 Å². The summed E-state index contributed by atoms with van der Waals surface area (Å²) in [5.41, 5.74) is 1.73. The summed E-state index contributed by atoms with van der Waals surface area (Å²) >= 11 is 0. The lowest BCUT2D eigenvalue weighted by Gasteiger charge is -2.54. The normalized spacial score (nSPS) is 20.6. The Hall–Kier alpha value is -3.47. The molecule has 0 radical (unpaired) electrons. The van der Waals surface area contributed by atoms with Gasteiger partial charge in [0, 0.05) is 6.54 Å². The molecule has 3 aromatic carbocycles. The first-order valence-electron chi connectivity index (χ1n) is 9.74. The van der Waals surface area contributed by atoms with Crippen molar-refractivity contribution in [2.24, 2.45) is 0 Å². The number of carbonyl (C=O) groups is 2. The first-order chi connectivity index (χ1) is 14.5. The van der Waals surface area contributed by atoms with Gasteiger partial charge in [-0.2, -0.15) is 0 Å². The molecule has 0 aliphatic carbocycles. The van der Waals surface area contributed by atoms with Crippen LogP contribution in [0.5, 0.6) is 0 Å². The Balaban J connectivity index is 1.86. The molecule has 0 unspecified atom stereocenters. The van der Waals surface area contributed by atoms with Gasteiger partial charge < -0.3 is 9.64 Å². The molecule has 1 aliphatic rings. The quantitative estimate of drug-likeness (QED) is 0.362. The lowest BCUT2D eigenvalue weighted by molar-refractivity contribution is -0.179. The predicted octanol–water partition coefficient (Wildman–Crippen LogP) is 4.33. The predicted molar refractivity (Wildman–Crippen MR) is 111 cm³/mol. The van der Waals surface area contributed by atoms with Gasteiger partial charge in [0.2, 0.25) is 5.91 Å². The first-order valence-corrected chi connectivity index (χ1v) is 9.74. The van der Waals surface area contributed by atoms with Gasteiger partial charge in [-0.3, -0.25) is 9.59 Å². The molecule has 1 aliphatic heterocycles. The largest absolute Gasteiger partial charge is 0.468 e. The van der Waals surface area contributed by atoms with E-state index in [2.05, 4.69) is 0 Å². The van der Waals surface area contributed by atoms with E-state index in [9.17, 15) is 14.0 Å². The SMILES string of the molecule is COC(=O)[C@@]1(c2ccc(F)cc2)C(=O)N(Cc2ccccc2)[C@H]1c1ccc(C)cc1. The number of halogens is 1. The minimum absolute atomic E-state index is 0.351. The number of nitrogens with zero attached hydrogens (tertiary/aromatic N) is 1. The Morgan fingerprint density at radius 1 is 1.00 bits per heavy atom. The topological polar surface area (TPSA) is 46.6 Å². The third kappa shape index (κ3) is 3.07. The number of β-lactam (4-membered cyclic amide) rings is 1. The van der Waals surface area contributed by atoms with E-state index in [4.69, 9.17) is 4.74 Å². The molecule has 1 amide bonds. The number of carbonyl (C=O) groups excluding carboxylic acids is 2. The van der Waals surface area contributed by atoms with Gasteiger partial charge in [0.1, 0.15) is 5.82 Å². The zero-order valence-corrected chi connectivity index (χ0v) is 16.8. The second-order valence-corrected chi connectivity index (χ2v) is 7.54. The maximum atomic E-state index is 13.6. The minimum Gasteiger partial charge on any atom is -0.468 e. The van der Waals surface area contributed by atoms with E-state index in [0.29, 0.717) is 12.1 Å². The Labute approximate surface area is 174 Å². The number of rotatable bonds is 5. The molecule has 1 saturated heterocycles. The van der Waals surface area contributed by atoms with Crippen LogP contribution < -0.4 is 0 Å². The zero-order chi connectivity index (χ0) is 21.3. The fourth-order valence-electron chi connectivity index (χ4n) is 4.22. The molecule has 152 valence electrons. The van der Waals surface area contributed by atoms with Gasteiger partial charge in [-0.1, -0.05) is 72.3 Å². The Bertz CT molecular complexity index is 1060. The van der Waals surface area contributed by atoms with Crippen molar-refractivity contribution >= 4 is 11.9 Å². The molecule has 1 fully saturated rings. The summed E-state index contributed by atoms with van der Waals surface area (Å²) in [6.07, 6.45) is 0. The molecule has 0 saturated carbocycles. The summed E-state index contributed by atoms with van der Waals surface area (Å²) in [5, 5.41) is 0. The third-order valence-corrected chi connectivity index (χ3v) is 5.72. The van der Waals surface area contributed by atoms with E-state index in [1.165, 1.54) is 31.4 Å². The number of likely N-dealkylation sites (tertiary alicyclic amines) is 1. The molecule has 0 N–H and O–H groups in total. The van der Waals surface area contributed by atoms with Crippen LogP contribution >= 0.6 is 0 Å². The number of methoxy groups -OCH3 is 1. The molecule has 0 aromatic heterocycles. The number of amides is 1. The average molecular weight is 403 g/mol. The highest BCUT2D eigenvalue weighted by Gasteiger charge is 2.67. The van der Waals surface area contributed by atoms with Crippen molar-refractivity contribution in [2.45, 2.75) is 24.9 Å². The van der Waals surface area contributed by atoms with E-state index in [0.717, 1.165) is 16.7 Å². The smallest absolute Gasteiger partial charge is 0.328 e.